The van der Waals surface area contributed by atoms with Gasteiger partial charge in [0, 0.05) is 5.39 Å². The Morgan fingerprint density at radius 3 is 2.76 bits per heavy atom. The van der Waals surface area contributed by atoms with Gasteiger partial charge in [-0.1, -0.05) is 12.1 Å². The lowest BCUT2D eigenvalue weighted by molar-refractivity contribution is 0.466. The molecule has 0 unspecified atom stereocenters. The molecule has 0 aliphatic heterocycles. The van der Waals surface area contributed by atoms with Gasteiger partial charge in [0.1, 0.15) is 5.69 Å². The monoisotopic (exact) mass is 226 g/mol. The van der Waals surface area contributed by atoms with Gasteiger partial charge in [-0.05, 0) is 24.3 Å². The van der Waals surface area contributed by atoms with Crippen LogP contribution in [0.2, 0.25) is 0 Å². The SMILES string of the molecule is Nc1ccc(-c2cc3cccc(O)c3o2)nc1. The van der Waals surface area contributed by atoms with E-state index in [4.69, 9.17) is 10.2 Å². The summed E-state index contributed by atoms with van der Waals surface area (Å²) in [6.45, 7) is 0. The van der Waals surface area contributed by atoms with Gasteiger partial charge in [0.05, 0.1) is 11.9 Å². The van der Waals surface area contributed by atoms with E-state index < -0.39 is 0 Å². The summed E-state index contributed by atoms with van der Waals surface area (Å²) in [6.07, 6.45) is 1.57. The number of benzene rings is 1. The highest BCUT2D eigenvalue weighted by atomic mass is 16.4. The quantitative estimate of drug-likeness (QED) is 0.669. The van der Waals surface area contributed by atoms with E-state index in [-0.39, 0.29) is 5.75 Å². The standard InChI is InChI=1S/C13H10N2O2/c14-9-4-5-10(15-7-9)12-6-8-2-1-3-11(16)13(8)17-12/h1-7,16H,14H2. The third-order valence-electron chi connectivity index (χ3n) is 2.56. The first-order valence-corrected chi connectivity index (χ1v) is 5.17. The maximum absolute atomic E-state index is 9.64. The Kier molecular flexibility index (Phi) is 2.01. The van der Waals surface area contributed by atoms with Crippen molar-refractivity contribution in [2.24, 2.45) is 0 Å². The van der Waals surface area contributed by atoms with Crippen molar-refractivity contribution in [1.29, 1.82) is 0 Å². The molecular weight excluding hydrogens is 216 g/mol. The molecule has 2 heterocycles. The van der Waals surface area contributed by atoms with Gasteiger partial charge in [-0.25, -0.2) is 0 Å². The zero-order valence-corrected chi connectivity index (χ0v) is 8.92. The molecule has 4 heteroatoms. The molecule has 17 heavy (non-hydrogen) atoms. The summed E-state index contributed by atoms with van der Waals surface area (Å²) in [7, 11) is 0. The predicted molar refractivity (Wildman–Crippen MR) is 65.5 cm³/mol. The van der Waals surface area contributed by atoms with E-state index in [0.29, 0.717) is 22.7 Å². The average Bonchev–Trinajstić information content (AvgIpc) is 2.75. The number of rotatable bonds is 1. The van der Waals surface area contributed by atoms with Crippen LogP contribution in [0.25, 0.3) is 22.4 Å². The number of aromatic nitrogens is 1. The summed E-state index contributed by atoms with van der Waals surface area (Å²) in [5.74, 6) is 0.741. The molecule has 4 nitrogen and oxygen atoms in total. The molecule has 0 aliphatic carbocycles. The van der Waals surface area contributed by atoms with Crippen molar-refractivity contribution in [2.45, 2.75) is 0 Å². The summed E-state index contributed by atoms with van der Waals surface area (Å²) in [4.78, 5) is 4.17. The molecule has 84 valence electrons. The summed E-state index contributed by atoms with van der Waals surface area (Å²) in [6, 6.07) is 10.6. The topological polar surface area (TPSA) is 72.3 Å². The highest BCUT2D eigenvalue weighted by Gasteiger charge is 2.09. The fourth-order valence-electron chi connectivity index (χ4n) is 1.72. The van der Waals surface area contributed by atoms with Crippen molar-refractivity contribution in [3.8, 4) is 17.2 Å². The molecule has 3 rings (SSSR count). The molecule has 3 aromatic rings. The van der Waals surface area contributed by atoms with E-state index in [2.05, 4.69) is 4.98 Å². The number of nitrogen functional groups attached to an aromatic ring is 1. The van der Waals surface area contributed by atoms with E-state index in [1.807, 2.05) is 12.1 Å². The van der Waals surface area contributed by atoms with Gasteiger partial charge in [0.25, 0.3) is 0 Å². The highest BCUT2D eigenvalue weighted by Crippen LogP contribution is 2.31. The van der Waals surface area contributed by atoms with Crippen LogP contribution >= 0.6 is 0 Å². The fourth-order valence-corrected chi connectivity index (χ4v) is 1.72. The first-order chi connectivity index (χ1) is 8.24. The van der Waals surface area contributed by atoms with Crippen LogP contribution in [0.15, 0.2) is 47.0 Å². The number of nitrogens with zero attached hydrogens (tertiary/aromatic N) is 1. The summed E-state index contributed by atoms with van der Waals surface area (Å²) >= 11 is 0. The zero-order chi connectivity index (χ0) is 11.8. The van der Waals surface area contributed by atoms with E-state index in [1.165, 1.54) is 0 Å². The van der Waals surface area contributed by atoms with Crippen LogP contribution in [-0.4, -0.2) is 10.1 Å². The maximum Gasteiger partial charge on any atom is 0.176 e. The second-order valence-electron chi connectivity index (χ2n) is 3.78. The van der Waals surface area contributed by atoms with Gasteiger partial charge in [0.2, 0.25) is 0 Å². The normalized spacial score (nSPS) is 10.8. The molecule has 0 saturated carbocycles. The summed E-state index contributed by atoms with van der Waals surface area (Å²) in [5.41, 5.74) is 7.34. The molecule has 0 saturated heterocycles. The molecule has 1 aromatic carbocycles. The Hall–Kier alpha value is -2.49. The predicted octanol–water partition coefficient (Wildman–Crippen LogP) is 2.78. The number of hydrogen-bond acceptors (Lipinski definition) is 4. The number of fused-ring (bicyclic) bond motifs is 1. The second kappa shape index (κ2) is 3.52. The van der Waals surface area contributed by atoms with Crippen LogP contribution in [0.3, 0.4) is 0 Å². The van der Waals surface area contributed by atoms with Crippen LogP contribution < -0.4 is 5.73 Å². The van der Waals surface area contributed by atoms with Crippen molar-refractivity contribution >= 4 is 16.7 Å². The largest absolute Gasteiger partial charge is 0.504 e. The van der Waals surface area contributed by atoms with E-state index in [1.54, 1.807) is 30.5 Å². The molecule has 3 N–H and O–H groups in total. The number of aromatic hydroxyl groups is 1. The van der Waals surface area contributed by atoms with E-state index in [0.717, 1.165) is 5.39 Å². The van der Waals surface area contributed by atoms with Crippen LogP contribution in [0.5, 0.6) is 5.75 Å². The highest BCUT2D eigenvalue weighted by molar-refractivity contribution is 5.86. The minimum Gasteiger partial charge on any atom is -0.504 e. The molecule has 0 radical (unpaired) electrons. The lowest BCUT2D eigenvalue weighted by atomic mass is 10.2. The first kappa shape index (κ1) is 9.72. The first-order valence-electron chi connectivity index (χ1n) is 5.17. The molecule has 2 aromatic heterocycles. The molecular formula is C13H10N2O2. The maximum atomic E-state index is 9.64. The van der Waals surface area contributed by atoms with Gasteiger partial charge in [0.15, 0.2) is 17.1 Å². The Balaban J connectivity index is 2.18. The molecule has 0 spiro atoms. The lowest BCUT2D eigenvalue weighted by Crippen LogP contribution is -1.86. The minimum absolute atomic E-state index is 0.129. The number of furan rings is 1. The number of para-hydroxylation sites is 1. The third kappa shape index (κ3) is 1.59. The Labute approximate surface area is 97.3 Å². The lowest BCUT2D eigenvalue weighted by Gasteiger charge is -1.96. The molecule has 0 aliphatic rings. The number of phenols is 1. The van der Waals surface area contributed by atoms with Crippen molar-refractivity contribution in [1.82, 2.24) is 4.98 Å². The van der Waals surface area contributed by atoms with Crippen molar-refractivity contribution < 1.29 is 9.52 Å². The Morgan fingerprint density at radius 2 is 2.06 bits per heavy atom. The Bertz CT molecular complexity index is 671. The summed E-state index contributed by atoms with van der Waals surface area (Å²) in [5, 5.41) is 10.5. The van der Waals surface area contributed by atoms with Gasteiger partial charge in [-0.2, -0.15) is 0 Å². The number of nitrogens with two attached hydrogens (primary N) is 1. The minimum atomic E-state index is 0.129. The third-order valence-corrected chi connectivity index (χ3v) is 2.56. The van der Waals surface area contributed by atoms with Crippen LogP contribution in [0.1, 0.15) is 0 Å². The van der Waals surface area contributed by atoms with Crippen molar-refractivity contribution in [3.05, 3.63) is 42.6 Å². The molecule has 0 bridgehead atoms. The molecule has 0 atom stereocenters. The zero-order valence-electron chi connectivity index (χ0n) is 8.92. The number of anilines is 1. The average molecular weight is 226 g/mol. The second-order valence-corrected chi connectivity index (χ2v) is 3.78. The summed E-state index contributed by atoms with van der Waals surface area (Å²) < 4.78 is 5.57. The number of hydrogen-bond donors (Lipinski definition) is 2. The molecule has 0 fully saturated rings. The molecule has 0 amide bonds. The van der Waals surface area contributed by atoms with Crippen molar-refractivity contribution in [3.63, 3.8) is 0 Å². The van der Waals surface area contributed by atoms with E-state index >= 15 is 0 Å². The number of pyridine rings is 1. The number of phenolic OH excluding ortho intramolecular Hbond substituents is 1. The Morgan fingerprint density at radius 1 is 1.18 bits per heavy atom. The van der Waals surface area contributed by atoms with Crippen LogP contribution in [0.4, 0.5) is 5.69 Å². The van der Waals surface area contributed by atoms with Gasteiger partial charge in [-0.15, -0.1) is 0 Å². The van der Waals surface area contributed by atoms with Crippen LogP contribution in [-0.2, 0) is 0 Å². The van der Waals surface area contributed by atoms with Crippen molar-refractivity contribution in [2.75, 3.05) is 5.73 Å². The van der Waals surface area contributed by atoms with Gasteiger partial charge >= 0.3 is 0 Å². The smallest absolute Gasteiger partial charge is 0.176 e. The van der Waals surface area contributed by atoms with Gasteiger partial charge in [-0.3, -0.25) is 4.98 Å². The van der Waals surface area contributed by atoms with Crippen LogP contribution in [0, 0.1) is 0 Å². The van der Waals surface area contributed by atoms with E-state index in [9.17, 15) is 5.11 Å². The fraction of sp³-hybridized carbons (Fsp3) is 0. The van der Waals surface area contributed by atoms with Gasteiger partial charge < -0.3 is 15.3 Å².